The number of hydrogen-bond acceptors (Lipinski definition) is 3. The fourth-order valence-electron chi connectivity index (χ4n) is 1.11. The van der Waals surface area contributed by atoms with E-state index >= 15 is 0 Å². The number of thiophene rings is 1. The minimum absolute atomic E-state index is 0.557. The third-order valence-electron chi connectivity index (χ3n) is 1.58. The van der Waals surface area contributed by atoms with Gasteiger partial charge in [0.05, 0.1) is 0 Å². The molecule has 0 aliphatic rings. The Labute approximate surface area is 79.2 Å². The predicted molar refractivity (Wildman–Crippen MR) is 51.9 cm³/mol. The first-order valence-corrected chi connectivity index (χ1v) is 4.76. The summed E-state index contributed by atoms with van der Waals surface area (Å²) in [6, 6.07) is 2.02. The Bertz CT molecular complexity index is 436. The highest BCUT2D eigenvalue weighted by Crippen LogP contribution is 2.27. The number of fused-ring (bicyclic) bond motifs is 1. The van der Waals surface area contributed by atoms with Crippen molar-refractivity contribution >= 4 is 33.2 Å². The predicted octanol–water partition coefficient (Wildman–Crippen LogP) is 2.96. The lowest BCUT2D eigenvalue weighted by atomic mass is 10.4. The maximum absolute atomic E-state index is 5.93. The minimum atomic E-state index is 0.557. The first-order valence-electron chi connectivity index (χ1n) is 3.57. The zero-order chi connectivity index (χ0) is 8.72. The highest BCUT2D eigenvalue weighted by molar-refractivity contribution is 7.18. The van der Waals surface area contributed by atoms with Crippen molar-refractivity contribution < 1.29 is 0 Å². The topological polar surface area (TPSA) is 25.8 Å². The molecule has 0 atom stereocenters. The van der Waals surface area contributed by atoms with Gasteiger partial charge in [-0.15, -0.1) is 11.3 Å². The van der Waals surface area contributed by atoms with E-state index in [9.17, 15) is 0 Å². The van der Waals surface area contributed by atoms with Crippen LogP contribution >= 0.6 is 22.9 Å². The molecule has 62 valence electrons. The third-order valence-corrected chi connectivity index (χ3v) is 2.81. The molecular weight excluding hydrogens is 192 g/mol. The fourth-order valence-corrected chi connectivity index (χ4v) is 2.35. The van der Waals surface area contributed by atoms with Gasteiger partial charge in [-0.05, 0) is 19.9 Å². The molecule has 0 unspecified atom stereocenters. The highest BCUT2D eigenvalue weighted by Gasteiger charge is 2.05. The average Bonchev–Trinajstić information content (AvgIpc) is 2.29. The van der Waals surface area contributed by atoms with Crippen molar-refractivity contribution in [1.29, 1.82) is 0 Å². The number of aromatic nitrogens is 2. The van der Waals surface area contributed by atoms with Crippen LogP contribution in [-0.4, -0.2) is 9.97 Å². The van der Waals surface area contributed by atoms with Crippen molar-refractivity contribution in [3.63, 3.8) is 0 Å². The van der Waals surface area contributed by atoms with Crippen LogP contribution in [0.1, 0.15) is 10.7 Å². The van der Waals surface area contributed by atoms with Crippen LogP contribution in [0.15, 0.2) is 6.07 Å². The molecule has 4 heteroatoms. The highest BCUT2D eigenvalue weighted by atomic mass is 35.5. The Kier molecular flexibility index (Phi) is 1.77. The second kappa shape index (κ2) is 2.68. The lowest BCUT2D eigenvalue weighted by Crippen LogP contribution is -1.86. The molecule has 0 aliphatic carbocycles. The Balaban J connectivity index is 2.88. The maximum Gasteiger partial charge on any atom is 0.141 e. The summed E-state index contributed by atoms with van der Waals surface area (Å²) in [5.74, 6) is 0.731. The Morgan fingerprint density at radius 3 is 2.83 bits per heavy atom. The van der Waals surface area contributed by atoms with E-state index in [0.29, 0.717) is 5.15 Å². The van der Waals surface area contributed by atoms with Gasteiger partial charge in [0, 0.05) is 10.3 Å². The molecule has 0 aliphatic heterocycles. The summed E-state index contributed by atoms with van der Waals surface area (Å²) in [5, 5.41) is 1.52. The fraction of sp³-hybridized carbons (Fsp3) is 0.250. The number of halogens is 1. The van der Waals surface area contributed by atoms with Gasteiger partial charge in [0.2, 0.25) is 0 Å². The van der Waals surface area contributed by atoms with Gasteiger partial charge in [-0.1, -0.05) is 11.6 Å². The van der Waals surface area contributed by atoms with Crippen molar-refractivity contribution in [2.24, 2.45) is 0 Å². The smallest absolute Gasteiger partial charge is 0.141 e. The van der Waals surface area contributed by atoms with Crippen LogP contribution in [0.2, 0.25) is 5.15 Å². The van der Waals surface area contributed by atoms with Gasteiger partial charge in [-0.25, -0.2) is 9.97 Å². The van der Waals surface area contributed by atoms with E-state index in [1.165, 1.54) is 4.88 Å². The zero-order valence-electron chi connectivity index (χ0n) is 6.76. The number of rotatable bonds is 0. The first kappa shape index (κ1) is 7.95. The van der Waals surface area contributed by atoms with Crippen LogP contribution in [-0.2, 0) is 0 Å². The van der Waals surface area contributed by atoms with Crippen LogP contribution in [0.3, 0.4) is 0 Å². The van der Waals surface area contributed by atoms with E-state index in [1.54, 1.807) is 11.3 Å². The SMILES string of the molecule is Cc1nc(Cl)c2cc(C)sc2n1. The zero-order valence-corrected chi connectivity index (χ0v) is 8.33. The van der Waals surface area contributed by atoms with Crippen molar-refractivity contribution in [2.75, 3.05) is 0 Å². The molecule has 0 spiro atoms. The molecule has 0 radical (unpaired) electrons. The lowest BCUT2D eigenvalue weighted by Gasteiger charge is -1.93. The molecule has 2 heterocycles. The number of nitrogens with zero attached hydrogens (tertiary/aromatic N) is 2. The van der Waals surface area contributed by atoms with Crippen LogP contribution < -0.4 is 0 Å². The van der Waals surface area contributed by atoms with Crippen LogP contribution in [0, 0.1) is 13.8 Å². The van der Waals surface area contributed by atoms with E-state index in [-0.39, 0.29) is 0 Å². The molecule has 0 bridgehead atoms. The first-order chi connectivity index (χ1) is 5.66. The van der Waals surface area contributed by atoms with Gasteiger partial charge in [0.25, 0.3) is 0 Å². The second-order valence-corrected chi connectivity index (χ2v) is 4.23. The molecule has 2 rings (SSSR count). The van der Waals surface area contributed by atoms with E-state index in [4.69, 9.17) is 11.6 Å². The third kappa shape index (κ3) is 1.19. The summed E-state index contributed by atoms with van der Waals surface area (Å²) in [4.78, 5) is 10.5. The average molecular weight is 199 g/mol. The van der Waals surface area contributed by atoms with Crippen molar-refractivity contribution in [3.8, 4) is 0 Å². The quantitative estimate of drug-likeness (QED) is 0.609. The summed E-state index contributed by atoms with van der Waals surface area (Å²) < 4.78 is 0. The molecule has 0 N–H and O–H groups in total. The monoisotopic (exact) mass is 198 g/mol. The van der Waals surface area contributed by atoms with Gasteiger partial charge in [0.15, 0.2) is 0 Å². The summed E-state index contributed by atoms with van der Waals surface area (Å²) in [6.45, 7) is 3.89. The maximum atomic E-state index is 5.93. The molecule has 0 saturated carbocycles. The van der Waals surface area contributed by atoms with Gasteiger partial charge >= 0.3 is 0 Å². The lowest BCUT2D eigenvalue weighted by molar-refractivity contribution is 1.10. The summed E-state index contributed by atoms with van der Waals surface area (Å²) in [5.41, 5.74) is 0. The second-order valence-electron chi connectivity index (χ2n) is 2.64. The van der Waals surface area contributed by atoms with E-state index in [1.807, 2.05) is 19.9 Å². The molecule has 2 nitrogen and oxygen atoms in total. The van der Waals surface area contributed by atoms with Crippen molar-refractivity contribution in [2.45, 2.75) is 13.8 Å². The van der Waals surface area contributed by atoms with Crippen molar-refractivity contribution in [1.82, 2.24) is 9.97 Å². The van der Waals surface area contributed by atoms with E-state index < -0.39 is 0 Å². The van der Waals surface area contributed by atoms with E-state index in [2.05, 4.69) is 9.97 Å². The molecule has 12 heavy (non-hydrogen) atoms. The molecular formula is C8H7ClN2S. The van der Waals surface area contributed by atoms with Gasteiger partial charge in [-0.3, -0.25) is 0 Å². The summed E-state index contributed by atoms with van der Waals surface area (Å²) in [6.07, 6.45) is 0. The molecule has 0 fully saturated rings. The Morgan fingerprint density at radius 1 is 1.33 bits per heavy atom. The van der Waals surface area contributed by atoms with Gasteiger partial charge in [0.1, 0.15) is 15.8 Å². The normalized spacial score (nSPS) is 10.9. The number of aryl methyl sites for hydroxylation is 2. The van der Waals surface area contributed by atoms with Gasteiger partial charge < -0.3 is 0 Å². The molecule has 0 saturated heterocycles. The Morgan fingerprint density at radius 2 is 2.08 bits per heavy atom. The summed E-state index contributed by atoms with van der Waals surface area (Å²) >= 11 is 7.58. The van der Waals surface area contributed by atoms with Crippen LogP contribution in [0.4, 0.5) is 0 Å². The molecule has 2 aromatic heterocycles. The van der Waals surface area contributed by atoms with Gasteiger partial charge in [-0.2, -0.15) is 0 Å². The van der Waals surface area contributed by atoms with Crippen molar-refractivity contribution in [3.05, 3.63) is 21.9 Å². The standard InChI is InChI=1S/C8H7ClN2S/c1-4-3-6-7(9)10-5(2)11-8(6)12-4/h3H,1-2H3. The van der Waals surface area contributed by atoms with E-state index in [0.717, 1.165) is 16.0 Å². The molecule has 2 aromatic rings. The Hall–Kier alpha value is -0.670. The van der Waals surface area contributed by atoms with Crippen LogP contribution in [0.25, 0.3) is 10.2 Å². The number of hydrogen-bond donors (Lipinski definition) is 0. The largest absolute Gasteiger partial charge is 0.222 e. The molecule has 0 amide bonds. The summed E-state index contributed by atoms with van der Waals surface area (Å²) in [7, 11) is 0. The minimum Gasteiger partial charge on any atom is -0.222 e. The van der Waals surface area contributed by atoms with Crippen LogP contribution in [0.5, 0.6) is 0 Å². The molecule has 0 aromatic carbocycles.